The summed E-state index contributed by atoms with van der Waals surface area (Å²) in [6.45, 7) is 0.208. The zero-order chi connectivity index (χ0) is 14.4. The summed E-state index contributed by atoms with van der Waals surface area (Å²) in [5.74, 6) is -0.329. The van der Waals surface area contributed by atoms with Gasteiger partial charge in [-0.3, -0.25) is 4.79 Å². The van der Waals surface area contributed by atoms with Crippen molar-refractivity contribution >= 4 is 11.9 Å². The third kappa shape index (κ3) is 4.17. The Morgan fingerprint density at radius 1 is 1.26 bits per heavy atom. The van der Waals surface area contributed by atoms with E-state index in [2.05, 4.69) is 0 Å². The number of carboxylic acids is 1. The fraction of sp³-hybridized carbons (Fsp3) is 0.385. The number of carbonyl (C=O) groups is 2. The molecule has 0 saturated carbocycles. The molecule has 1 aromatic carbocycles. The number of carbonyl (C=O) groups excluding carboxylic acids is 1. The zero-order valence-corrected chi connectivity index (χ0v) is 11.2. The lowest BCUT2D eigenvalue weighted by Crippen LogP contribution is -2.23. The molecule has 1 rings (SSSR count). The van der Waals surface area contributed by atoms with E-state index in [1.807, 2.05) is 0 Å². The van der Waals surface area contributed by atoms with Crippen LogP contribution in [0, 0.1) is 0 Å². The summed E-state index contributed by atoms with van der Waals surface area (Å²) in [6.07, 6.45) is 0.247. The number of hydrogen-bond acceptors (Lipinski definition) is 4. The Morgan fingerprint density at radius 3 is 2.47 bits per heavy atom. The standard InChI is InChI=1S/C13H17NO5/c1-14(2)12(15)6-7-19-10-5-4-9(13(16)17)8-11(10)18-3/h4-5,8H,6-7H2,1-3H3,(H,16,17). The van der Waals surface area contributed by atoms with Crippen LogP contribution in [0.3, 0.4) is 0 Å². The quantitative estimate of drug-likeness (QED) is 0.839. The number of ether oxygens (including phenoxy) is 2. The second-order valence-corrected chi connectivity index (χ2v) is 4.06. The number of benzene rings is 1. The molecule has 0 aliphatic heterocycles. The molecular formula is C13H17NO5. The number of methoxy groups -OCH3 is 1. The Labute approximate surface area is 111 Å². The summed E-state index contributed by atoms with van der Waals surface area (Å²) in [4.78, 5) is 23.7. The SMILES string of the molecule is COc1cc(C(=O)O)ccc1OCCC(=O)N(C)C. The van der Waals surface area contributed by atoms with Gasteiger partial charge in [-0.05, 0) is 18.2 Å². The minimum atomic E-state index is -1.03. The molecule has 6 heteroatoms. The van der Waals surface area contributed by atoms with Crippen molar-refractivity contribution in [1.29, 1.82) is 0 Å². The van der Waals surface area contributed by atoms with Crippen molar-refractivity contribution in [1.82, 2.24) is 4.90 Å². The van der Waals surface area contributed by atoms with E-state index in [4.69, 9.17) is 14.6 Å². The van der Waals surface area contributed by atoms with Crippen LogP contribution in [0.2, 0.25) is 0 Å². The van der Waals surface area contributed by atoms with Crippen molar-refractivity contribution in [3.63, 3.8) is 0 Å². The highest BCUT2D eigenvalue weighted by Crippen LogP contribution is 2.28. The maximum absolute atomic E-state index is 11.4. The van der Waals surface area contributed by atoms with Crippen LogP contribution in [0.15, 0.2) is 18.2 Å². The predicted molar refractivity (Wildman–Crippen MR) is 68.8 cm³/mol. The molecule has 0 heterocycles. The predicted octanol–water partition coefficient (Wildman–Crippen LogP) is 1.25. The van der Waals surface area contributed by atoms with Gasteiger partial charge < -0.3 is 19.5 Å². The van der Waals surface area contributed by atoms with Crippen LogP contribution in [-0.2, 0) is 4.79 Å². The maximum Gasteiger partial charge on any atom is 0.335 e. The zero-order valence-electron chi connectivity index (χ0n) is 11.2. The van der Waals surface area contributed by atoms with Gasteiger partial charge in [-0.1, -0.05) is 0 Å². The smallest absolute Gasteiger partial charge is 0.335 e. The van der Waals surface area contributed by atoms with Gasteiger partial charge in [-0.15, -0.1) is 0 Å². The molecule has 1 N–H and O–H groups in total. The van der Waals surface area contributed by atoms with Crippen LogP contribution in [0.25, 0.3) is 0 Å². The monoisotopic (exact) mass is 267 g/mol. The molecule has 19 heavy (non-hydrogen) atoms. The molecule has 0 fully saturated rings. The van der Waals surface area contributed by atoms with Crippen molar-refractivity contribution in [3.05, 3.63) is 23.8 Å². The van der Waals surface area contributed by atoms with Gasteiger partial charge in [0.1, 0.15) is 0 Å². The first-order chi connectivity index (χ1) is 8.95. The summed E-state index contributed by atoms with van der Waals surface area (Å²) < 4.78 is 10.5. The molecule has 1 amide bonds. The molecule has 1 aromatic rings. The molecule has 0 bridgehead atoms. The number of amides is 1. The molecule has 0 aliphatic carbocycles. The fourth-order valence-electron chi connectivity index (χ4n) is 1.39. The van der Waals surface area contributed by atoms with E-state index in [1.54, 1.807) is 14.1 Å². The number of nitrogens with zero attached hydrogens (tertiary/aromatic N) is 1. The second-order valence-electron chi connectivity index (χ2n) is 4.06. The van der Waals surface area contributed by atoms with Crippen molar-refractivity contribution < 1.29 is 24.2 Å². The molecular weight excluding hydrogens is 250 g/mol. The summed E-state index contributed by atoms with van der Waals surface area (Å²) in [5, 5.41) is 8.86. The fourth-order valence-corrected chi connectivity index (χ4v) is 1.39. The van der Waals surface area contributed by atoms with E-state index >= 15 is 0 Å². The van der Waals surface area contributed by atoms with Gasteiger partial charge in [0.2, 0.25) is 5.91 Å². The van der Waals surface area contributed by atoms with Gasteiger partial charge in [-0.25, -0.2) is 4.79 Å². The van der Waals surface area contributed by atoms with Crippen LogP contribution < -0.4 is 9.47 Å². The molecule has 6 nitrogen and oxygen atoms in total. The molecule has 0 aromatic heterocycles. The van der Waals surface area contributed by atoms with Gasteiger partial charge in [0.25, 0.3) is 0 Å². The summed E-state index contributed by atoms with van der Waals surface area (Å²) >= 11 is 0. The van der Waals surface area contributed by atoms with E-state index in [-0.39, 0.29) is 24.5 Å². The van der Waals surface area contributed by atoms with Crippen molar-refractivity contribution in [2.45, 2.75) is 6.42 Å². The maximum atomic E-state index is 11.4. The van der Waals surface area contributed by atoms with Gasteiger partial charge in [0, 0.05) is 14.1 Å². The van der Waals surface area contributed by atoms with Crippen LogP contribution in [0.5, 0.6) is 11.5 Å². The van der Waals surface area contributed by atoms with Gasteiger partial charge in [0.15, 0.2) is 11.5 Å². The van der Waals surface area contributed by atoms with Crippen molar-refractivity contribution in [2.75, 3.05) is 27.8 Å². The normalized spacial score (nSPS) is 9.84. The number of hydrogen-bond donors (Lipinski definition) is 1. The lowest BCUT2D eigenvalue weighted by molar-refractivity contribution is -0.129. The molecule has 0 saturated heterocycles. The summed E-state index contributed by atoms with van der Waals surface area (Å²) in [6, 6.07) is 4.32. The molecule has 0 aliphatic rings. The molecule has 0 spiro atoms. The first-order valence-electron chi connectivity index (χ1n) is 5.70. The Bertz CT molecular complexity index is 470. The molecule has 0 radical (unpaired) electrons. The van der Waals surface area contributed by atoms with E-state index in [1.165, 1.54) is 30.2 Å². The molecule has 0 unspecified atom stereocenters. The summed E-state index contributed by atoms with van der Waals surface area (Å²) in [5.41, 5.74) is 0.119. The lowest BCUT2D eigenvalue weighted by Gasteiger charge is -2.13. The Hall–Kier alpha value is -2.24. The van der Waals surface area contributed by atoms with Crippen LogP contribution in [0.4, 0.5) is 0 Å². The van der Waals surface area contributed by atoms with Gasteiger partial charge >= 0.3 is 5.97 Å². The Kier molecular flexibility index (Phi) is 5.17. The molecule has 104 valence electrons. The second kappa shape index (κ2) is 6.63. The number of aromatic carboxylic acids is 1. The first-order valence-corrected chi connectivity index (χ1v) is 5.70. The highest BCUT2D eigenvalue weighted by Gasteiger charge is 2.11. The van der Waals surface area contributed by atoms with Gasteiger partial charge in [0.05, 0.1) is 25.7 Å². The third-order valence-corrected chi connectivity index (χ3v) is 2.48. The van der Waals surface area contributed by atoms with E-state index < -0.39 is 5.97 Å². The van der Waals surface area contributed by atoms with Gasteiger partial charge in [-0.2, -0.15) is 0 Å². The Balaban J connectivity index is 2.68. The lowest BCUT2D eigenvalue weighted by atomic mass is 10.2. The van der Waals surface area contributed by atoms with E-state index in [9.17, 15) is 9.59 Å². The average molecular weight is 267 g/mol. The number of carboxylic acid groups (broad SMARTS) is 1. The highest BCUT2D eigenvalue weighted by molar-refractivity contribution is 5.88. The largest absolute Gasteiger partial charge is 0.493 e. The number of rotatable bonds is 6. The minimum absolute atomic E-state index is 0.0406. The average Bonchev–Trinajstić information content (AvgIpc) is 2.38. The van der Waals surface area contributed by atoms with Crippen LogP contribution in [-0.4, -0.2) is 49.7 Å². The highest BCUT2D eigenvalue weighted by atomic mass is 16.5. The topological polar surface area (TPSA) is 76.1 Å². The van der Waals surface area contributed by atoms with E-state index in [0.29, 0.717) is 11.5 Å². The summed E-state index contributed by atoms with van der Waals surface area (Å²) in [7, 11) is 4.77. The van der Waals surface area contributed by atoms with Crippen LogP contribution >= 0.6 is 0 Å². The van der Waals surface area contributed by atoms with Crippen molar-refractivity contribution in [3.8, 4) is 11.5 Å². The van der Waals surface area contributed by atoms with E-state index in [0.717, 1.165) is 0 Å². The first kappa shape index (κ1) is 14.8. The van der Waals surface area contributed by atoms with Crippen molar-refractivity contribution in [2.24, 2.45) is 0 Å². The molecule has 0 atom stereocenters. The van der Waals surface area contributed by atoms with Crippen LogP contribution in [0.1, 0.15) is 16.8 Å². The third-order valence-electron chi connectivity index (χ3n) is 2.48. The Morgan fingerprint density at radius 2 is 1.95 bits per heavy atom. The minimum Gasteiger partial charge on any atom is -0.493 e.